The molecule has 1 aromatic heterocycles. The van der Waals surface area contributed by atoms with Crippen LogP contribution in [0.25, 0.3) is 11.4 Å². The third-order valence-electron chi connectivity index (χ3n) is 4.20. The molecule has 0 amide bonds. The van der Waals surface area contributed by atoms with Crippen LogP contribution in [0, 0.1) is 11.7 Å². The first-order valence-corrected chi connectivity index (χ1v) is 6.78. The first-order valence-electron chi connectivity index (χ1n) is 6.78. The van der Waals surface area contributed by atoms with Gasteiger partial charge in [0.1, 0.15) is 5.82 Å². The van der Waals surface area contributed by atoms with Gasteiger partial charge in [-0.1, -0.05) is 18.6 Å². The maximum Gasteiger partial charge on any atom is 0.221 e. The van der Waals surface area contributed by atoms with Gasteiger partial charge in [0.05, 0.1) is 11.6 Å². The van der Waals surface area contributed by atoms with Crippen molar-refractivity contribution in [3.05, 3.63) is 30.1 Å². The molecule has 2 unspecified atom stereocenters. The van der Waals surface area contributed by atoms with Gasteiger partial charge in [0.2, 0.25) is 5.95 Å². The second kappa shape index (κ2) is 4.05. The summed E-state index contributed by atoms with van der Waals surface area (Å²) >= 11 is 0. The SMILES string of the molecule is Fc1ccccc1-c1nc2n(n1)C1CCCC1CN2. The molecule has 0 saturated heterocycles. The summed E-state index contributed by atoms with van der Waals surface area (Å²) in [5.41, 5.74) is 0.473. The minimum atomic E-state index is -0.270. The highest BCUT2D eigenvalue weighted by atomic mass is 19.1. The summed E-state index contributed by atoms with van der Waals surface area (Å²) in [4.78, 5) is 4.44. The molecule has 1 saturated carbocycles. The first-order chi connectivity index (χ1) is 9.33. The second-order valence-electron chi connectivity index (χ2n) is 5.32. The molecular weight excluding hydrogens is 243 g/mol. The fourth-order valence-electron chi connectivity index (χ4n) is 3.23. The Bertz CT molecular complexity index is 622. The molecule has 1 aliphatic heterocycles. The lowest BCUT2D eigenvalue weighted by Gasteiger charge is -2.26. The van der Waals surface area contributed by atoms with E-state index in [1.54, 1.807) is 12.1 Å². The number of aromatic nitrogens is 3. The third-order valence-corrected chi connectivity index (χ3v) is 4.20. The molecule has 1 aromatic carbocycles. The quantitative estimate of drug-likeness (QED) is 0.855. The number of fused-ring (bicyclic) bond motifs is 3. The topological polar surface area (TPSA) is 42.7 Å². The van der Waals surface area contributed by atoms with Gasteiger partial charge in [0.25, 0.3) is 0 Å². The highest BCUT2D eigenvalue weighted by Crippen LogP contribution is 2.40. The normalized spacial score (nSPS) is 24.7. The van der Waals surface area contributed by atoms with Crippen molar-refractivity contribution in [2.24, 2.45) is 5.92 Å². The molecule has 2 heterocycles. The summed E-state index contributed by atoms with van der Waals surface area (Å²) in [6.45, 7) is 0.958. The Balaban J connectivity index is 1.79. The van der Waals surface area contributed by atoms with Crippen LogP contribution in [0.4, 0.5) is 10.3 Å². The van der Waals surface area contributed by atoms with Gasteiger partial charge < -0.3 is 5.32 Å². The molecule has 1 fully saturated rings. The van der Waals surface area contributed by atoms with E-state index in [1.165, 1.54) is 18.9 Å². The molecule has 0 bridgehead atoms. The largest absolute Gasteiger partial charge is 0.354 e. The van der Waals surface area contributed by atoms with Gasteiger partial charge >= 0.3 is 0 Å². The molecule has 1 N–H and O–H groups in total. The highest BCUT2D eigenvalue weighted by molar-refractivity contribution is 5.57. The standard InChI is InChI=1S/C14H15FN4/c15-11-6-2-1-5-10(11)13-17-14-16-8-9-4-3-7-12(9)19(14)18-13/h1-2,5-6,9,12H,3-4,7-8H2,(H,16,17,18). The van der Waals surface area contributed by atoms with Gasteiger partial charge in [-0.3, -0.25) is 0 Å². The number of hydrogen-bond donors (Lipinski definition) is 1. The zero-order chi connectivity index (χ0) is 12.8. The molecule has 0 spiro atoms. The molecule has 5 heteroatoms. The Hall–Kier alpha value is -1.91. The number of hydrogen-bond acceptors (Lipinski definition) is 3. The van der Waals surface area contributed by atoms with Gasteiger partial charge in [0, 0.05) is 6.54 Å². The van der Waals surface area contributed by atoms with E-state index in [2.05, 4.69) is 15.4 Å². The van der Waals surface area contributed by atoms with Gasteiger partial charge in [-0.15, -0.1) is 5.10 Å². The van der Waals surface area contributed by atoms with Gasteiger partial charge in [-0.2, -0.15) is 4.98 Å². The van der Waals surface area contributed by atoms with Crippen molar-refractivity contribution in [3.8, 4) is 11.4 Å². The van der Waals surface area contributed by atoms with Crippen LogP contribution in [0.3, 0.4) is 0 Å². The summed E-state index contributed by atoms with van der Waals surface area (Å²) in [6.07, 6.45) is 3.64. The van der Waals surface area contributed by atoms with E-state index < -0.39 is 0 Å². The maximum atomic E-state index is 13.8. The maximum absolute atomic E-state index is 13.8. The van der Waals surface area contributed by atoms with Gasteiger partial charge in [-0.05, 0) is 30.9 Å². The molecule has 2 atom stereocenters. The summed E-state index contributed by atoms with van der Waals surface area (Å²) in [5.74, 6) is 1.63. The van der Waals surface area contributed by atoms with E-state index in [1.807, 2.05) is 10.7 Å². The zero-order valence-corrected chi connectivity index (χ0v) is 10.5. The van der Waals surface area contributed by atoms with E-state index in [0.717, 1.165) is 18.9 Å². The van der Waals surface area contributed by atoms with Gasteiger partial charge in [-0.25, -0.2) is 9.07 Å². The molecule has 19 heavy (non-hydrogen) atoms. The van der Waals surface area contributed by atoms with Crippen molar-refractivity contribution in [1.29, 1.82) is 0 Å². The van der Waals surface area contributed by atoms with Crippen LogP contribution >= 0.6 is 0 Å². The van der Waals surface area contributed by atoms with E-state index >= 15 is 0 Å². The second-order valence-corrected chi connectivity index (χ2v) is 5.32. The predicted octanol–water partition coefficient (Wildman–Crippen LogP) is 2.85. The molecule has 4 rings (SSSR count). The van der Waals surface area contributed by atoms with E-state index in [9.17, 15) is 4.39 Å². The van der Waals surface area contributed by atoms with Crippen LogP contribution in [-0.2, 0) is 0 Å². The van der Waals surface area contributed by atoms with Crippen molar-refractivity contribution < 1.29 is 4.39 Å². The number of anilines is 1. The van der Waals surface area contributed by atoms with Crippen molar-refractivity contribution >= 4 is 5.95 Å². The minimum absolute atomic E-state index is 0.270. The predicted molar refractivity (Wildman–Crippen MR) is 70.3 cm³/mol. The van der Waals surface area contributed by atoms with Crippen molar-refractivity contribution in [2.45, 2.75) is 25.3 Å². The van der Waals surface area contributed by atoms with Crippen molar-refractivity contribution in [3.63, 3.8) is 0 Å². The Morgan fingerprint density at radius 3 is 3.05 bits per heavy atom. The fourth-order valence-corrected chi connectivity index (χ4v) is 3.23. The van der Waals surface area contributed by atoms with Crippen LogP contribution in [0.5, 0.6) is 0 Å². The average molecular weight is 258 g/mol. The lowest BCUT2D eigenvalue weighted by atomic mass is 10.0. The number of nitrogens with zero attached hydrogens (tertiary/aromatic N) is 3. The number of rotatable bonds is 1. The third kappa shape index (κ3) is 1.64. The van der Waals surface area contributed by atoms with Crippen molar-refractivity contribution in [1.82, 2.24) is 14.8 Å². The Labute approximate surface area is 110 Å². The van der Waals surface area contributed by atoms with Crippen LogP contribution in [0.2, 0.25) is 0 Å². The molecule has 2 aromatic rings. The zero-order valence-electron chi connectivity index (χ0n) is 10.5. The molecule has 4 nitrogen and oxygen atoms in total. The smallest absolute Gasteiger partial charge is 0.221 e. The van der Waals surface area contributed by atoms with E-state index in [0.29, 0.717) is 23.3 Å². The molecule has 1 aliphatic carbocycles. The lowest BCUT2D eigenvalue weighted by Crippen LogP contribution is -2.29. The number of nitrogens with one attached hydrogen (secondary N) is 1. The van der Waals surface area contributed by atoms with Gasteiger partial charge in [0.15, 0.2) is 5.82 Å². The van der Waals surface area contributed by atoms with Crippen LogP contribution in [0.15, 0.2) is 24.3 Å². The molecule has 0 radical (unpaired) electrons. The average Bonchev–Trinajstić information content (AvgIpc) is 3.04. The first kappa shape index (κ1) is 11.0. The number of halogens is 1. The van der Waals surface area contributed by atoms with E-state index in [-0.39, 0.29) is 5.82 Å². The fraction of sp³-hybridized carbons (Fsp3) is 0.429. The molecular formula is C14H15FN4. The number of benzene rings is 1. The van der Waals surface area contributed by atoms with Crippen LogP contribution < -0.4 is 5.32 Å². The van der Waals surface area contributed by atoms with Crippen molar-refractivity contribution in [2.75, 3.05) is 11.9 Å². The molecule has 98 valence electrons. The Kier molecular flexibility index (Phi) is 2.33. The molecule has 2 aliphatic rings. The lowest BCUT2D eigenvalue weighted by molar-refractivity contribution is 0.346. The highest BCUT2D eigenvalue weighted by Gasteiger charge is 2.35. The Morgan fingerprint density at radius 1 is 1.26 bits per heavy atom. The summed E-state index contributed by atoms with van der Waals surface area (Å²) in [6, 6.07) is 7.10. The monoisotopic (exact) mass is 258 g/mol. The van der Waals surface area contributed by atoms with Crippen LogP contribution in [-0.4, -0.2) is 21.3 Å². The summed E-state index contributed by atoms with van der Waals surface area (Å²) in [5, 5.41) is 7.84. The van der Waals surface area contributed by atoms with Crippen LogP contribution in [0.1, 0.15) is 25.3 Å². The summed E-state index contributed by atoms with van der Waals surface area (Å²) in [7, 11) is 0. The Morgan fingerprint density at radius 2 is 2.16 bits per heavy atom. The summed E-state index contributed by atoms with van der Waals surface area (Å²) < 4.78 is 15.8. The van der Waals surface area contributed by atoms with E-state index in [4.69, 9.17) is 0 Å². The minimum Gasteiger partial charge on any atom is -0.354 e.